The van der Waals surface area contributed by atoms with Crippen molar-refractivity contribution in [1.29, 1.82) is 0 Å². The first kappa shape index (κ1) is 19.0. The van der Waals surface area contributed by atoms with Crippen LogP contribution in [0.3, 0.4) is 0 Å². The molecule has 0 aromatic carbocycles. The van der Waals surface area contributed by atoms with E-state index in [9.17, 15) is 4.79 Å². The molecule has 124 valence electrons. The molecule has 1 atom stereocenters. The lowest BCUT2D eigenvalue weighted by Gasteiger charge is -2.39. The summed E-state index contributed by atoms with van der Waals surface area (Å²) >= 11 is 0. The van der Waals surface area contributed by atoms with E-state index in [0.29, 0.717) is 5.91 Å². The smallest absolute Gasteiger partial charge is 0.227 e. The number of hydrogen-bond donors (Lipinski definition) is 1. The molecule has 21 heavy (non-hydrogen) atoms. The summed E-state index contributed by atoms with van der Waals surface area (Å²) in [7, 11) is 0. The number of carbonyl (C=O) groups is 1. The zero-order valence-electron chi connectivity index (χ0n) is 12.8. The van der Waals surface area contributed by atoms with Crippen LogP contribution in [-0.4, -0.2) is 61.0 Å². The van der Waals surface area contributed by atoms with E-state index in [1.165, 1.54) is 25.7 Å². The molecule has 3 aliphatic rings. The van der Waals surface area contributed by atoms with Crippen molar-refractivity contribution in [2.75, 3.05) is 39.3 Å². The van der Waals surface area contributed by atoms with Crippen LogP contribution >= 0.6 is 24.8 Å². The highest BCUT2D eigenvalue weighted by atomic mass is 35.5. The summed E-state index contributed by atoms with van der Waals surface area (Å²) in [6.07, 6.45) is 7.78. The van der Waals surface area contributed by atoms with Gasteiger partial charge in [-0.05, 0) is 32.2 Å². The van der Waals surface area contributed by atoms with Crippen molar-refractivity contribution in [2.45, 2.75) is 44.6 Å². The van der Waals surface area contributed by atoms with Gasteiger partial charge >= 0.3 is 0 Å². The topological polar surface area (TPSA) is 35.6 Å². The molecule has 0 bridgehead atoms. The number of amides is 1. The third kappa shape index (κ3) is 4.72. The highest BCUT2D eigenvalue weighted by Crippen LogP contribution is 2.24. The maximum absolute atomic E-state index is 12.4. The average molecular weight is 338 g/mol. The van der Waals surface area contributed by atoms with Gasteiger partial charge in [0.25, 0.3) is 0 Å². The van der Waals surface area contributed by atoms with Crippen molar-refractivity contribution in [3.8, 4) is 0 Å². The molecule has 0 unspecified atom stereocenters. The standard InChI is InChI=1S/C15H27N3O.2ClH/c19-15(13-4-3-7-16-12-13)18-10-8-17(9-11-18)14-5-1-2-6-14;;/h13-14,16H,1-12H2;2*1H/t13-;;/m1../s1. The molecular weight excluding hydrogens is 309 g/mol. The molecule has 1 aliphatic carbocycles. The number of nitrogens with one attached hydrogen (secondary N) is 1. The van der Waals surface area contributed by atoms with E-state index < -0.39 is 0 Å². The summed E-state index contributed by atoms with van der Waals surface area (Å²) < 4.78 is 0. The van der Waals surface area contributed by atoms with Crippen LogP contribution in [-0.2, 0) is 4.79 Å². The van der Waals surface area contributed by atoms with Crippen molar-refractivity contribution in [2.24, 2.45) is 5.92 Å². The van der Waals surface area contributed by atoms with Gasteiger partial charge in [0.1, 0.15) is 0 Å². The summed E-state index contributed by atoms with van der Waals surface area (Å²) in [5.41, 5.74) is 0. The Kier molecular flexibility index (Phi) is 8.32. The second-order valence-corrected chi connectivity index (χ2v) is 6.34. The zero-order valence-corrected chi connectivity index (χ0v) is 14.4. The second kappa shape index (κ2) is 9.19. The predicted octanol–water partition coefficient (Wildman–Crippen LogP) is 1.92. The average Bonchev–Trinajstić information content (AvgIpc) is 3.02. The van der Waals surface area contributed by atoms with Gasteiger partial charge in [0.15, 0.2) is 0 Å². The number of piperidine rings is 1. The molecule has 4 nitrogen and oxygen atoms in total. The Balaban J connectivity index is 0.00000110. The Hall–Kier alpha value is -0.0300. The number of hydrogen-bond acceptors (Lipinski definition) is 3. The molecule has 2 saturated heterocycles. The number of piperazine rings is 1. The van der Waals surface area contributed by atoms with Gasteiger partial charge in [-0.1, -0.05) is 12.8 Å². The molecule has 1 saturated carbocycles. The quantitative estimate of drug-likeness (QED) is 0.836. The maximum atomic E-state index is 12.4. The lowest BCUT2D eigenvalue weighted by molar-refractivity contribution is -0.138. The van der Waals surface area contributed by atoms with E-state index in [1.54, 1.807) is 0 Å². The van der Waals surface area contributed by atoms with E-state index >= 15 is 0 Å². The number of carbonyl (C=O) groups excluding carboxylic acids is 1. The van der Waals surface area contributed by atoms with Gasteiger partial charge in [-0.2, -0.15) is 0 Å². The fraction of sp³-hybridized carbons (Fsp3) is 0.933. The molecule has 3 rings (SSSR count). The third-order valence-electron chi connectivity index (χ3n) is 5.11. The minimum absolute atomic E-state index is 0. The SMILES string of the molecule is Cl.Cl.O=C([C@@H]1CCCNC1)N1CCN(C2CCCC2)CC1. The summed E-state index contributed by atoms with van der Waals surface area (Å²) in [5.74, 6) is 0.644. The van der Waals surface area contributed by atoms with Gasteiger partial charge in [-0.3, -0.25) is 9.69 Å². The van der Waals surface area contributed by atoms with Gasteiger partial charge < -0.3 is 10.2 Å². The van der Waals surface area contributed by atoms with Crippen molar-refractivity contribution in [3.05, 3.63) is 0 Å². The van der Waals surface area contributed by atoms with Crippen molar-refractivity contribution in [3.63, 3.8) is 0 Å². The molecule has 1 amide bonds. The molecule has 1 N–H and O–H groups in total. The summed E-state index contributed by atoms with van der Waals surface area (Å²) in [6, 6.07) is 0.814. The normalized spacial score (nSPS) is 27.8. The fourth-order valence-corrected chi connectivity index (χ4v) is 3.90. The van der Waals surface area contributed by atoms with E-state index in [-0.39, 0.29) is 30.7 Å². The molecule has 0 radical (unpaired) electrons. The van der Waals surface area contributed by atoms with Crippen LogP contribution in [0, 0.1) is 5.92 Å². The number of rotatable bonds is 2. The fourth-order valence-electron chi connectivity index (χ4n) is 3.90. The lowest BCUT2D eigenvalue weighted by Crippen LogP contribution is -2.53. The van der Waals surface area contributed by atoms with Gasteiger partial charge in [-0.25, -0.2) is 0 Å². The maximum Gasteiger partial charge on any atom is 0.227 e. The molecule has 0 aromatic rings. The molecule has 2 aliphatic heterocycles. The number of nitrogens with zero attached hydrogens (tertiary/aromatic N) is 2. The summed E-state index contributed by atoms with van der Waals surface area (Å²) in [6.45, 7) is 6.06. The van der Waals surface area contributed by atoms with Gasteiger partial charge in [0, 0.05) is 38.8 Å². The number of halogens is 2. The minimum Gasteiger partial charge on any atom is -0.340 e. The Morgan fingerprint density at radius 3 is 2.14 bits per heavy atom. The molecule has 6 heteroatoms. The molecule has 3 fully saturated rings. The Labute approximate surface area is 140 Å². The third-order valence-corrected chi connectivity index (χ3v) is 5.11. The molecule has 2 heterocycles. The van der Waals surface area contributed by atoms with E-state index in [1.807, 2.05) is 0 Å². The van der Waals surface area contributed by atoms with Crippen LogP contribution in [0.5, 0.6) is 0 Å². The molecule has 0 aromatic heterocycles. The molecule has 0 spiro atoms. The second-order valence-electron chi connectivity index (χ2n) is 6.34. The largest absolute Gasteiger partial charge is 0.340 e. The lowest BCUT2D eigenvalue weighted by atomic mass is 9.97. The van der Waals surface area contributed by atoms with E-state index in [2.05, 4.69) is 15.1 Å². The van der Waals surface area contributed by atoms with Crippen LogP contribution in [0.4, 0.5) is 0 Å². The van der Waals surface area contributed by atoms with Crippen LogP contribution in [0.1, 0.15) is 38.5 Å². The van der Waals surface area contributed by atoms with Crippen molar-refractivity contribution < 1.29 is 4.79 Å². The summed E-state index contributed by atoms with van der Waals surface area (Å²) in [4.78, 5) is 17.2. The monoisotopic (exact) mass is 337 g/mol. The Bertz CT molecular complexity index is 310. The van der Waals surface area contributed by atoms with E-state index in [0.717, 1.165) is 58.2 Å². The van der Waals surface area contributed by atoms with Crippen molar-refractivity contribution in [1.82, 2.24) is 15.1 Å². The first-order valence-corrected chi connectivity index (χ1v) is 8.08. The van der Waals surface area contributed by atoms with Gasteiger partial charge in [-0.15, -0.1) is 24.8 Å². The molecular formula is C15H29Cl2N3O. The zero-order chi connectivity index (χ0) is 13.1. The predicted molar refractivity (Wildman–Crippen MR) is 90.5 cm³/mol. The first-order chi connectivity index (χ1) is 9.34. The van der Waals surface area contributed by atoms with E-state index in [4.69, 9.17) is 0 Å². The highest BCUT2D eigenvalue weighted by Gasteiger charge is 2.31. The van der Waals surface area contributed by atoms with Crippen molar-refractivity contribution >= 4 is 30.7 Å². The van der Waals surface area contributed by atoms with Crippen LogP contribution in [0.2, 0.25) is 0 Å². The Morgan fingerprint density at radius 2 is 1.57 bits per heavy atom. The van der Waals surface area contributed by atoms with Gasteiger partial charge in [0.05, 0.1) is 5.92 Å². The minimum atomic E-state index is 0. The Morgan fingerprint density at radius 1 is 0.905 bits per heavy atom. The first-order valence-electron chi connectivity index (χ1n) is 8.08. The summed E-state index contributed by atoms with van der Waals surface area (Å²) in [5, 5.41) is 3.35. The highest BCUT2D eigenvalue weighted by molar-refractivity contribution is 5.85. The van der Waals surface area contributed by atoms with Gasteiger partial charge in [0.2, 0.25) is 5.91 Å². The van der Waals surface area contributed by atoms with Crippen LogP contribution in [0.25, 0.3) is 0 Å². The van der Waals surface area contributed by atoms with Crippen LogP contribution in [0.15, 0.2) is 0 Å². The van der Waals surface area contributed by atoms with Crippen LogP contribution < -0.4 is 5.32 Å².